The number of halogens is 1. The number of hydrogen-bond donors (Lipinski definition) is 2. The maximum absolute atomic E-state index is 11.9. The van der Waals surface area contributed by atoms with Crippen LogP contribution in [-0.4, -0.2) is 23.6 Å². The minimum absolute atomic E-state index is 0.0406. The van der Waals surface area contributed by atoms with Gasteiger partial charge in [-0.05, 0) is 18.2 Å². The third-order valence-corrected chi connectivity index (χ3v) is 3.87. The predicted octanol–water partition coefficient (Wildman–Crippen LogP) is 0.937. The Labute approximate surface area is 103 Å². The smallest absolute Gasteiger partial charge is 0.243 e. The third-order valence-electron chi connectivity index (χ3n) is 2.03. The lowest BCUT2D eigenvalue weighted by Gasteiger charge is -2.06. The molecule has 0 amide bonds. The minimum atomic E-state index is -3.66. The van der Waals surface area contributed by atoms with E-state index in [1.165, 1.54) is 18.3 Å². The molecule has 0 unspecified atom stereocenters. The Morgan fingerprint density at radius 1 is 1.35 bits per heavy atom. The van der Waals surface area contributed by atoms with Crippen LogP contribution in [0.3, 0.4) is 0 Å². The van der Waals surface area contributed by atoms with E-state index in [-0.39, 0.29) is 16.6 Å². The molecule has 0 radical (unpaired) electrons. The summed E-state index contributed by atoms with van der Waals surface area (Å²) in [5.74, 6) is 0. The zero-order valence-electron chi connectivity index (χ0n) is 8.59. The molecule has 0 bridgehead atoms. The van der Waals surface area contributed by atoms with Crippen LogP contribution in [0, 0.1) is 0 Å². The van der Waals surface area contributed by atoms with E-state index in [1.54, 1.807) is 12.3 Å². The highest BCUT2D eigenvalue weighted by molar-refractivity contribution is 7.89. The van der Waals surface area contributed by atoms with Crippen LogP contribution in [0.25, 0.3) is 0 Å². The van der Waals surface area contributed by atoms with Crippen LogP contribution in [0.15, 0.2) is 35.5 Å². The van der Waals surface area contributed by atoms with Crippen molar-refractivity contribution < 1.29 is 8.42 Å². The summed E-state index contributed by atoms with van der Waals surface area (Å²) >= 11 is 5.72. The fourth-order valence-electron chi connectivity index (χ4n) is 1.21. The van der Waals surface area contributed by atoms with Crippen molar-refractivity contribution in [2.45, 2.75) is 11.4 Å². The molecule has 90 valence electrons. The molecule has 0 saturated heterocycles. The summed E-state index contributed by atoms with van der Waals surface area (Å²) in [6, 6.07) is 4.58. The first kappa shape index (κ1) is 12.0. The van der Waals surface area contributed by atoms with Gasteiger partial charge in [-0.2, -0.15) is 5.10 Å². The van der Waals surface area contributed by atoms with Gasteiger partial charge in [0.15, 0.2) is 0 Å². The number of hydrogen-bond acceptors (Lipinski definition) is 4. The van der Waals surface area contributed by atoms with Crippen LogP contribution in [0.1, 0.15) is 5.69 Å². The van der Waals surface area contributed by atoms with Crippen LogP contribution in [0.5, 0.6) is 0 Å². The lowest BCUT2D eigenvalue weighted by molar-refractivity contribution is 0.580. The third kappa shape index (κ3) is 2.82. The maximum Gasteiger partial charge on any atom is 0.243 e. The first-order valence-corrected chi connectivity index (χ1v) is 6.54. The predicted molar refractivity (Wildman–Crippen MR) is 61.9 cm³/mol. The van der Waals surface area contributed by atoms with Gasteiger partial charge < -0.3 is 0 Å². The Balaban J connectivity index is 2.17. The van der Waals surface area contributed by atoms with Crippen LogP contribution >= 0.6 is 11.6 Å². The fraction of sp³-hybridized carbons (Fsp3) is 0.111. The van der Waals surface area contributed by atoms with Gasteiger partial charge in [0.2, 0.25) is 10.0 Å². The molecule has 0 aromatic carbocycles. The molecule has 2 rings (SSSR count). The number of nitrogens with zero attached hydrogens (tertiary/aromatic N) is 2. The molecule has 0 aliphatic carbocycles. The zero-order valence-corrected chi connectivity index (χ0v) is 10.2. The number of rotatable bonds is 4. The van der Waals surface area contributed by atoms with Gasteiger partial charge in [0.25, 0.3) is 0 Å². The van der Waals surface area contributed by atoms with E-state index in [0.29, 0.717) is 5.69 Å². The van der Waals surface area contributed by atoms with E-state index in [2.05, 4.69) is 19.9 Å². The lowest BCUT2D eigenvalue weighted by atomic mass is 10.4. The molecule has 0 spiro atoms. The van der Waals surface area contributed by atoms with Crippen molar-refractivity contribution >= 4 is 21.6 Å². The highest BCUT2D eigenvalue weighted by Gasteiger charge is 2.17. The summed E-state index contributed by atoms with van der Waals surface area (Å²) in [5.41, 5.74) is 0.661. The van der Waals surface area contributed by atoms with E-state index < -0.39 is 10.0 Å². The number of aromatic nitrogens is 3. The Kier molecular flexibility index (Phi) is 3.41. The second-order valence-corrected chi connectivity index (χ2v) is 5.29. The van der Waals surface area contributed by atoms with Crippen LogP contribution in [-0.2, 0) is 16.6 Å². The SMILES string of the molecule is O=S(=O)(NCc1ccn[nH]1)c1cccnc1Cl. The molecule has 17 heavy (non-hydrogen) atoms. The van der Waals surface area contributed by atoms with Gasteiger partial charge in [-0.1, -0.05) is 11.6 Å². The van der Waals surface area contributed by atoms with E-state index >= 15 is 0 Å². The number of sulfonamides is 1. The highest BCUT2D eigenvalue weighted by atomic mass is 35.5. The van der Waals surface area contributed by atoms with Crippen molar-refractivity contribution in [1.82, 2.24) is 19.9 Å². The molecule has 0 fully saturated rings. The highest BCUT2D eigenvalue weighted by Crippen LogP contribution is 2.17. The van der Waals surface area contributed by atoms with Crippen LogP contribution in [0.4, 0.5) is 0 Å². The van der Waals surface area contributed by atoms with E-state index in [1.807, 2.05) is 0 Å². The molecular weight excluding hydrogens is 264 g/mol. The summed E-state index contributed by atoms with van der Waals surface area (Å²) < 4.78 is 26.2. The second-order valence-electron chi connectivity index (χ2n) is 3.20. The van der Waals surface area contributed by atoms with Crippen LogP contribution in [0.2, 0.25) is 5.15 Å². The molecule has 6 nitrogen and oxygen atoms in total. The molecule has 2 aromatic heterocycles. The molecule has 2 aromatic rings. The molecule has 2 heterocycles. The monoisotopic (exact) mass is 272 g/mol. The van der Waals surface area contributed by atoms with Crippen molar-refractivity contribution in [3.05, 3.63) is 41.4 Å². The molecular formula is C9H9ClN4O2S. The number of nitrogens with one attached hydrogen (secondary N) is 2. The maximum atomic E-state index is 11.9. The van der Waals surface area contributed by atoms with Crippen molar-refractivity contribution in [1.29, 1.82) is 0 Å². The Hall–Kier alpha value is -1.44. The van der Waals surface area contributed by atoms with Gasteiger partial charge in [0.05, 0.1) is 12.2 Å². The van der Waals surface area contributed by atoms with E-state index in [9.17, 15) is 8.42 Å². The summed E-state index contributed by atoms with van der Waals surface area (Å²) in [6.45, 7) is 0.119. The van der Waals surface area contributed by atoms with Gasteiger partial charge in [-0.25, -0.2) is 18.1 Å². The minimum Gasteiger partial charge on any atom is -0.281 e. The molecule has 2 N–H and O–H groups in total. The zero-order chi connectivity index (χ0) is 12.3. The number of pyridine rings is 1. The fourth-order valence-corrected chi connectivity index (χ4v) is 2.66. The Bertz CT molecular complexity index is 597. The van der Waals surface area contributed by atoms with Crippen molar-refractivity contribution in [3.63, 3.8) is 0 Å². The molecule has 0 atom stereocenters. The average Bonchev–Trinajstić information content (AvgIpc) is 2.80. The summed E-state index contributed by atoms with van der Waals surface area (Å²) in [5, 5.41) is 6.31. The first-order valence-electron chi connectivity index (χ1n) is 4.68. The van der Waals surface area contributed by atoms with E-state index in [0.717, 1.165) is 0 Å². The topological polar surface area (TPSA) is 87.7 Å². The van der Waals surface area contributed by atoms with Gasteiger partial charge in [0.1, 0.15) is 10.0 Å². The molecule has 0 aliphatic heterocycles. The quantitative estimate of drug-likeness (QED) is 0.811. The summed E-state index contributed by atoms with van der Waals surface area (Å²) in [7, 11) is -3.66. The first-order chi connectivity index (χ1) is 8.09. The van der Waals surface area contributed by atoms with Crippen LogP contribution < -0.4 is 4.72 Å². The number of H-pyrrole nitrogens is 1. The second kappa shape index (κ2) is 4.82. The standard InChI is InChI=1S/C9H9ClN4O2S/c10-9-8(2-1-4-11-9)17(15,16)13-6-7-3-5-12-14-7/h1-5,13H,6H2,(H,12,14). The van der Waals surface area contributed by atoms with Gasteiger partial charge >= 0.3 is 0 Å². The normalized spacial score (nSPS) is 11.6. The van der Waals surface area contributed by atoms with E-state index in [4.69, 9.17) is 11.6 Å². The van der Waals surface area contributed by atoms with Gasteiger partial charge in [-0.3, -0.25) is 5.10 Å². The Morgan fingerprint density at radius 3 is 2.82 bits per heavy atom. The van der Waals surface area contributed by atoms with Crippen molar-refractivity contribution in [2.75, 3.05) is 0 Å². The van der Waals surface area contributed by atoms with Gasteiger partial charge in [0, 0.05) is 12.4 Å². The summed E-state index contributed by atoms with van der Waals surface area (Å²) in [6.07, 6.45) is 2.97. The summed E-state index contributed by atoms with van der Waals surface area (Å²) in [4.78, 5) is 3.68. The Morgan fingerprint density at radius 2 is 2.18 bits per heavy atom. The lowest BCUT2D eigenvalue weighted by Crippen LogP contribution is -2.23. The molecule has 0 saturated carbocycles. The average molecular weight is 273 g/mol. The van der Waals surface area contributed by atoms with Gasteiger partial charge in [-0.15, -0.1) is 0 Å². The number of aromatic amines is 1. The molecule has 0 aliphatic rings. The molecule has 8 heteroatoms. The largest absolute Gasteiger partial charge is 0.281 e. The van der Waals surface area contributed by atoms with Crippen molar-refractivity contribution in [3.8, 4) is 0 Å². The van der Waals surface area contributed by atoms with Crippen molar-refractivity contribution in [2.24, 2.45) is 0 Å².